The molecule has 0 saturated carbocycles. The molecule has 0 aromatic rings. The van der Waals surface area contributed by atoms with Crippen LogP contribution in [0.1, 0.15) is 6.92 Å². The van der Waals surface area contributed by atoms with Gasteiger partial charge in [0.15, 0.2) is 17.9 Å². The lowest BCUT2D eigenvalue weighted by Crippen LogP contribution is -2.43. The highest BCUT2D eigenvalue weighted by atomic mass is 16.7. The van der Waals surface area contributed by atoms with Crippen molar-refractivity contribution in [2.75, 3.05) is 13.2 Å². The van der Waals surface area contributed by atoms with Gasteiger partial charge in [-0.15, -0.1) is 0 Å². The number of fused-ring (bicyclic) bond motifs is 1. The van der Waals surface area contributed by atoms with Gasteiger partial charge >= 0.3 is 5.95 Å². The number of rotatable bonds is 3. The van der Waals surface area contributed by atoms with Crippen LogP contribution in [0, 0.1) is 11.3 Å². The van der Waals surface area contributed by atoms with Gasteiger partial charge in [0.05, 0.1) is 13.2 Å². The van der Waals surface area contributed by atoms with Crippen LogP contribution in [0.15, 0.2) is 11.5 Å². The molecule has 0 bridgehead atoms. The van der Waals surface area contributed by atoms with Crippen LogP contribution >= 0.6 is 0 Å². The molecule has 0 spiro atoms. The van der Waals surface area contributed by atoms with Crippen LogP contribution in [-0.4, -0.2) is 53.9 Å². The van der Waals surface area contributed by atoms with E-state index >= 15 is 0 Å². The zero-order valence-electron chi connectivity index (χ0n) is 10.2. The number of hydrogen-bond acceptors (Lipinski definition) is 7. The summed E-state index contributed by atoms with van der Waals surface area (Å²) in [5.41, 5.74) is -0.312. The van der Waals surface area contributed by atoms with Gasteiger partial charge in [-0.05, 0) is 6.92 Å². The third-order valence-electron chi connectivity index (χ3n) is 2.85. The third-order valence-corrected chi connectivity index (χ3v) is 2.85. The average molecular weight is 270 g/mol. The van der Waals surface area contributed by atoms with Crippen molar-refractivity contribution in [2.24, 2.45) is 0 Å². The van der Waals surface area contributed by atoms with Crippen molar-refractivity contribution in [1.29, 1.82) is 5.26 Å². The van der Waals surface area contributed by atoms with E-state index in [1.807, 2.05) is 0 Å². The molecule has 3 N–H and O–H groups in total. The molecule has 8 heteroatoms. The van der Waals surface area contributed by atoms with Crippen LogP contribution in [0.2, 0.25) is 0 Å². The molecule has 0 aromatic carbocycles. The van der Waals surface area contributed by atoms with Crippen LogP contribution in [0.25, 0.3) is 0 Å². The zero-order valence-corrected chi connectivity index (χ0v) is 10.2. The number of carbonyl (C=O) groups excluding carboxylic acids is 1. The van der Waals surface area contributed by atoms with Crippen molar-refractivity contribution < 1.29 is 29.2 Å². The number of nitrogens with one attached hydrogen (secondary N) is 1. The van der Waals surface area contributed by atoms with Crippen LogP contribution < -0.4 is 5.32 Å². The van der Waals surface area contributed by atoms with Crippen molar-refractivity contribution in [3.8, 4) is 6.07 Å². The molecule has 104 valence electrons. The predicted molar refractivity (Wildman–Crippen MR) is 59.0 cm³/mol. The number of carbonyl (C=O) groups is 1. The maximum Gasteiger partial charge on any atom is 0.304 e. The molecule has 1 fully saturated rings. The van der Waals surface area contributed by atoms with Gasteiger partial charge in [0.25, 0.3) is 5.91 Å². The van der Waals surface area contributed by atoms with Gasteiger partial charge in [-0.2, -0.15) is 5.26 Å². The van der Waals surface area contributed by atoms with E-state index < -0.39 is 37.1 Å². The molecule has 0 aromatic heterocycles. The summed E-state index contributed by atoms with van der Waals surface area (Å²) in [6.45, 7) is 1.46. The Kier molecular flexibility index (Phi) is 3.90. The molecule has 19 heavy (non-hydrogen) atoms. The van der Waals surface area contributed by atoms with Crippen molar-refractivity contribution in [1.82, 2.24) is 5.32 Å². The first-order chi connectivity index (χ1) is 9.12. The molecular weight excluding hydrogens is 256 g/mol. The minimum atomic E-state index is -1.14. The lowest BCUT2D eigenvalue weighted by atomic mass is 10.1. The normalized spacial score (nSPS) is 33.9. The molecule has 2 aliphatic heterocycles. The van der Waals surface area contributed by atoms with Gasteiger partial charge in [-0.1, -0.05) is 0 Å². The average Bonchev–Trinajstić information content (AvgIpc) is 2.60. The summed E-state index contributed by atoms with van der Waals surface area (Å²) in [6, 6.07) is 1.69. The van der Waals surface area contributed by atoms with Crippen LogP contribution in [0.3, 0.4) is 0 Å². The summed E-state index contributed by atoms with van der Waals surface area (Å²) in [5, 5.41) is 30.3. The largest absolute Gasteiger partial charge is 0.465 e. The second-order valence-electron chi connectivity index (χ2n) is 4.03. The summed E-state index contributed by atoms with van der Waals surface area (Å²) in [6.07, 6.45) is -3.87. The van der Waals surface area contributed by atoms with Crippen LogP contribution in [0.5, 0.6) is 0 Å². The van der Waals surface area contributed by atoms with E-state index in [1.54, 1.807) is 13.0 Å². The summed E-state index contributed by atoms with van der Waals surface area (Å²) < 4.78 is 15.7. The molecule has 8 nitrogen and oxygen atoms in total. The lowest BCUT2D eigenvalue weighted by Gasteiger charge is -2.20. The van der Waals surface area contributed by atoms with Crippen molar-refractivity contribution >= 4 is 5.91 Å². The Morgan fingerprint density at radius 1 is 1.58 bits per heavy atom. The fraction of sp³-hybridized carbons (Fsp3) is 0.636. The van der Waals surface area contributed by atoms with Crippen LogP contribution in [-0.2, 0) is 19.0 Å². The van der Waals surface area contributed by atoms with E-state index in [2.05, 4.69) is 5.32 Å². The number of amides is 1. The highest BCUT2D eigenvalue weighted by molar-refractivity contribution is 5.97. The fourth-order valence-electron chi connectivity index (χ4n) is 1.95. The Balaban J connectivity index is 2.29. The van der Waals surface area contributed by atoms with Crippen molar-refractivity contribution in [2.45, 2.75) is 31.5 Å². The lowest BCUT2D eigenvalue weighted by molar-refractivity contribution is -0.122. The van der Waals surface area contributed by atoms with E-state index in [-0.39, 0.29) is 18.1 Å². The quantitative estimate of drug-likeness (QED) is 0.561. The molecule has 0 unspecified atom stereocenters. The smallest absolute Gasteiger partial charge is 0.304 e. The van der Waals surface area contributed by atoms with Gasteiger partial charge in [-0.25, -0.2) is 0 Å². The Morgan fingerprint density at radius 3 is 2.89 bits per heavy atom. The molecular formula is C11H14N2O6. The fourth-order valence-corrected chi connectivity index (χ4v) is 1.95. The van der Waals surface area contributed by atoms with Gasteiger partial charge in [-0.3, -0.25) is 4.79 Å². The number of ether oxygens (including phenoxy) is 3. The van der Waals surface area contributed by atoms with Crippen molar-refractivity contribution in [3.63, 3.8) is 0 Å². The van der Waals surface area contributed by atoms with E-state index in [1.165, 1.54) is 0 Å². The first kappa shape index (κ1) is 13.6. The molecule has 1 amide bonds. The van der Waals surface area contributed by atoms with E-state index in [9.17, 15) is 9.90 Å². The Morgan fingerprint density at radius 2 is 2.32 bits per heavy atom. The number of hydrogen-bond donors (Lipinski definition) is 3. The first-order valence-electron chi connectivity index (χ1n) is 5.81. The number of nitrogens with zero attached hydrogens (tertiary/aromatic N) is 1. The molecule has 2 rings (SSSR count). The summed E-state index contributed by atoms with van der Waals surface area (Å²) in [5.74, 6) is -0.944. The number of aliphatic hydroxyl groups excluding tert-OH is 2. The highest BCUT2D eigenvalue weighted by Gasteiger charge is 2.48. The molecule has 0 aliphatic carbocycles. The monoisotopic (exact) mass is 270 g/mol. The second kappa shape index (κ2) is 5.44. The molecule has 2 heterocycles. The molecule has 1 saturated heterocycles. The highest BCUT2D eigenvalue weighted by Crippen LogP contribution is 2.28. The van der Waals surface area contributed by atoms with Crippen LogP contribution in [0.4, 0.5) is 0 Å². The SMILES string of the molecule is CCOC1=C(C#N)C(=O)N[C@H]2O[C@@H](CO)[C@@H](O)[C@H]2O1. The minimum Gasteiger partial charge on any atom is -0.465 e. The van der Waals surface area contributed by atoms with E-state index in [4.69, 9.17) is 24.6 Å². The van der Waals surface area contributed by atoms with E-state index in [0.29, 0.717) is 0 Å². The predicted octanol–water partition coefficient (Wildman–Crippen LogP) is -1.65. The third kappa shape index (κ3) is 2.35. The standard InChI is InChI=1S/C11H14N2O6/c1-2-17-11-5(3-12)9(16)13-10-8(19-11)7(15)6(4-14)18-10/h6-8,10,14-15H,2,4H2,1H3,(H,13,16)/t6-,7+,8+,10-/m0/s1. The summed E-state index contributed by atoms with van der Waals surface area (Å²) in [7, 11) is 0. The topological polar surface area (TPSA) is 121 Å². The van der Waals surface area contributed by atoms with Gasteiger partial charge in [0.2, 0.25) is 0 Å². The van der Waals surface area contributed by atoms with Gasteiger partial charge < -0.3 is 29.7 Å². The first-order valence-corrected chi connectivity index (χ1v) is 5.81. The van der Waals surface area contributed by atoms with Gasteiger partial charge in [0, 0.05) is 0 Å². The molecule has 4 atom stereocenters. The van der Waals surface area contributed by atoms with Crippen molar-refractivity contribution in [3.05, 3.63) is 11.5 Å². The number of aliphatic hydroxyl groups is 2. The Bertz CT molecular complexity index is 443. The van der Waals surface area contributed by atoms with Gasteiger partial charge in [0.1, 0.15) is 18.3 Å². The maximum absolute atomic E-state index is 11.8. The molecule has 2 aliphatic rings. The zero-order chi connectivity index (χ0) is 14.0. The second-order valence-corrected chi connectivity index (χ2v) is 4.03. The Hall–Kier alpha value is -1.82. The summed E-state index contributed by atoms with van der Waals surface area (Å²) >= 11 is 0. The number of nitriles is 1. The summed E-state index contributed by atoms with van der Waals surface area (Å²) in [4.78, 5) is 11.8. The van der Waals surface area contributed by atoms with E-state index in [0.717, 1.165) is 0 Å². The Labute approximate surface area is 109 Å². The minimum absolute atomic E-state index is 0.200. The maximum atomic E-state index is 11.8. The molecule has 0 radical (unpaired) electrons.